The molecule has 3 N–H and O–H groups in total. The number of carbonyl (C=O) groups excluding carboxylic acids is 1. The minimum atomic E-state index is -0.0621. The highest BCUT2D eigenvalue weighted by molar-refractivity contribution is 8.00. The zero-order valence-corrected chi connectivity index (χ0v) is 16.8. The van der Waals surface area contributed by atoms with Crippen LogP contribution in [0, 0.1) is 0 Å². The zero-order chi connectivity index (χ0) is 18.6. The van der Waals surface area contributed by atoms with Gasteiger partial charge in [-0.1, -0.05) is 23.9 Å². The van der Waals surface area contributed by atoms with E-state index in [1.807, 2.05) is 35.8 Å². The lowest BCUT2D eigenvalue weighted by Crippen LogP contribution is -2.38. The summed E-state index contributed by atoms with van der Waals surface area (Å²) in [5, 5.41) is 11.3. The number of carbonyl (C=O) groups is 1. The van der Waals surface area contributed by atoms with E-state index in [4.69, 9.17) is 0 Å². The molecule has 26 heavy (non-hydrogen) atoms. The molecule has 1 heterocycles. The number of nitrogens with one attached hydrogen (secondary N) is 3. The summed E-state index contributed by atoms with van der Waals surface area (Å²) >= 11 is 3.46. The van der Waals surface area contributed by atoms with Crippen molar-refractivity contribution >= 4 is 35.0 Å². The van der Waals surface area contributed by atoms with Crippen LogP contribution >= 0.6 is 23.1 Å². The first-order valence-corrected chi connectivity index (χ1v) is 10.4. The van der Waals surface area contributed by atoms with E-state index in [0.717, 1.165) is 47.5 Å². The molecular weight excluding hydrogens is 366 g/mol. The molecule has 1 amide bonds. The number of amides is 1. The van der Waals surface area contributed by atoms with Gasteiger partial charge in [0.25, 0.3) is 5.91 Å². The van der Waals surface area contributed by atoms with Gasteiger partial charge in [-0.15, -0.1) is 11.3 Å². The zero-order valence-electron chi connectivity index (χ0n) is 15.1. The molecule has 0 unspecified atom stereocenters. The predicted octanol–water partition coefficient (Wildman–Crippen LogP) is 2.39. The smallest absolute Gasteiger partial charge is 0.251 e. The molecule has 0 saturated carbocycles. The number of thiazole rings is 1. The Morgan fingerprint density at radius 2 is 2.15 bits per heavy atom. The van der Waals surface area contributed by atoms with Crippen LogP contribution in [0.3, 0.4) is 0 Å². The van der Waals surface area contributed by atoms with Crippen LogP contribution in [0.25, 0.3) is 0 Å². The number of aliphatic imine (C=N–C) groups is 1. The van der Waals surface area contributed by atoms with Crippen molar-refractivity contribution in [3.8, 4) is 0 Å². The van der Waals surface area contributed by atoms with Gasteiger partial charge in [-0.3, -0.25) is 9.79 Å². The van der Waals surface area contributed by atoms with Crippen LogP contribution in [0.2, 0.25) is 0 Å². The topological polar surface area (TPSA) is 78.4 Å². The van der Waals surface area contributed by atoms with Crippen molar-refractivity contribution in [2.24, 2.45) is 4.99 Å². The highest BCUT2D eigenvalue weighted by Crippen LogP contribution is 2.20. The molecule has 6 nitrogen and oxygen atoms in total. The van der Waals surface area contributed by atoms with E-state index in [9.17, 15) is 4.79 Å². The van der Waals surface area contributed by atoms with Gasteiger partial charge in [0, 0.05) is 50.1 Å². The van der Waals surface area contributed by atoms with Gasteiger partial charge in [0.15, 0.2) is 5.96 Å². The Labute approximate surface area is 162 Å². The molecule has 0 atom stereocenters. The number of aromatic nitrogens is 1. The van der Waals surface area contributed by atoms with E-state index in [-0.39, 0.29) is 5.91 Å². The van der Waals surface area contributed by atoms with Gasteiger partial charge in [-0.25, -0.2) is 4.98 Å². The molecule has 2 rings (SSSR count). The number of rotatable bonds is 9. The maximum Gasteiger partial charge on any atom is 0.251 e. The van der Waals surface area contributed by atoms with Crippen LogP contribution in [0.5, 0.6) is 0 Å². The lowest BCUT2D eigenvalue weighted by molar-refractivity contribution is 0.0963. The Morgan fingerprint density at radius 1 is 1.31 bits per heavy atom. The van der Waals surface area contributed by atoms with Crippen LogP contribution in [-0.2, 0) is 6.42 Å². The van der Waals surface area contributed by atoms with Crippen LogP contribution < -0.4 is 16.0 Å². The third-order valence-electron chi connectivity index (χ3n) is 3.59. The molecule has 0 radical (unpaired) electrons. The molecule has 8 heteroatoms. The predicted molar refractivity (Wildman–Crippen MR) is 110 cm³/mol. The monoisotopic (exact) mass is 391 g/mol. The van der Waals surface area contributed by atoms with Crippen molar-refractivity contribution in [2.45, 2.75) is 17.2 Å². The summed E-state index contributed by atoms with van der Waals surface area (Å²) in [5.41, 5.74) is 1.80. The second-order valence-electron chi connectivity index (χ2n) is 5.46. The van der Waals surface area contributed by atoms with E-state index in [1.54, 1.807) is 37.2 Å². The van der Waals surface area contributed by atoms with E-state index in [1.165, 1.54) is 0 Å². The van der Waals surface area contributed by atoms with Crippen molar-refractivity contribution in [1.29, 1.82) is 0 Å². The second kappa shape index (κ2) is 11.5. The minimum Gasteiger partial charge on any atom is -0.356 e. The van der Waals surface area contributed by atoms with Gasteiger partial charge in [0.05, 0.1) is 0 Å². The third-order valence-corrected chi connectivity index (χ3v) is 5.65. The first-order chi connectivity index (χ1) is 12.7. The molecule has 0 aliphatic heterocycles. The molecule has 0 aliphatic carbocycles. The fourth-order valence-electron chi connectivity index (χ4n) is 2.28. The lowest BCUT2D eigenvalue weighted by Gasteiger charge is -2.12. The van der Waals surface area contributed by atoms with Crippen LogP contribution in [0.15, 0.2) is 45.2 Å². The van der Waals surface area contributed by atoms with Crippen molar-refractivity contribution in [1.82, 2.24) is 20.9 Å². The molecule has 0 aliphatic rings. The normalized spacial score (nSPS) is 11.2. The molecule has 0 fully saturated rings. The van der Waals surface area contributed by atoms with E-state index < -0.39 is 0 Å². The quantitative estimate of drug-likeness (QED) is 0.265. The van der Waals surface area contributed by atoms with Gasteiger partial charge in [-0.05, 0) is 30.5 Å². The number of nitrogens with zero attached hydrogens (tertiary/aromatic N) is 2. The maximum atomic E-state index is 11.7. The molecule has 2 aromatic rings. The Bertz CT molecular complexity index is 703. The van der Waals surface area contributed by atoms with Crippen LogP contribution in [0.4, 0.5) is 0 Å². The number of hydrogen-bond acceptors (Lipinski definition) is 5. The van der Waals surface area contributed by atoms with E-state index >= 15 is 0 Å². The number of hydrogen-bond donors (Lipinski definition) is 3. The van der Waals surface area contributed by atoms with E-state index in [2.05, 4.69) is 25.9 Å². The maximum absolute atomic E-state index is 11.7. The first kappa shape index (κ1) is 20.3. The summed E-state index contributed by atoms with van der Waals surface area (Å²) in [4.78, 5) is 20.2. The average Bonchev–Trinajstić information content (AvgIpc) is 3.19. The van der Waals surface area contributed by atoms with Gasteiger partial charge in [0.1, 0.15) is 4.34 Å². The fraction of sp³-hybridized carbons (Fsp3) is 0.389. The molecule has 140 valence electrons. The Morgan fingerprint density at radius 3 is 2.88 bits per heavy atom. The molecule has 1 aromatic heterocycles. The van der Waals surface area contributed by atoms with E-state index in [0.29, 0.717) is 5.56 Å². The fourth-order valence-corrected chi connectivity index (χ4v) is 3.93. The second-order valence-corrected chi connectivity index (χ2v) is 7.69. The van der Waals surface area contributed by atoms with Crippen molar-refractivity contribution < 1.29 is 4.79 Å². The number of guanidine groups is 1. The number of thioether (sulfide) groups is 1. The molecule has 1 aromatic carbocycles. The standard InChI is InChI=1S/C18H25N5OS2/c1-19-16(24)15-6-3-5-14(13-15)7-9-22-17(20-2)21-8-4-11-25-18-23-10-12-26-18/h3,5-6,10,12-13H,4,7-9,11H2,1-2H3,(H,19,24)(H2,20,21,22). The SMILES string of the molecule is CN=C(NCCCSc1nccs1)NCCc1cccc(C(=O)NC)c1. The highest BCUT2D eigenvalue weighted by atomic mass is 32.2. The van der Waals surface area contributed by atoms with Gasteiger partial charge < -0.3 is 16.0 Å². The van der Waals surface area contributed by atoms with Gasteiger partial charge in [-0.2, -0.15) is 0 Å². The van der Waals surface area contributed by atoms with Gasteiger partial charge >= 0.3 is 0 Å². The molecule has 0 bridgehead atoms. The van der Waals surface area contributed by atoms with Crippen molar-refractivity contribution in [2.75, 3.05) is 32.9 Å². The largest absolute Gasteiger partial charge is 0.356 e. The lowest BCUT2D eigenvalue weighted by atomic mass is 10.1. The van der Waals surface area contributed by atoms with Gasteiger partial charge in [0.2, 0.25) is 0 Å². The number of benzene rings is 1. The minimum absolute atomic E-state index is 0.0621. The summed E-state index contributed by atoms with van der Waals surface area (Å²) < 4.78 is 1.12. The van der Waals surface area contributed by atoms with Crippen molar-refractivity contribution in [3.05, 3.63) is 47.0 Å². The summed E-state index contributed by atoms with van der Waals surface area (Å²) in [6.07, 6.45) is 3.70. The summed E-state index contributed by atoms with van der Waals surface area (Å²) in [7, 11) is 3.41. The highest BCUT2D eigenvalue weighted by Gasteiger charge is 2.04. The Balaban J connectivity index is 1.64. The Kier molecular flexibility index (Phi) is 8.99. The summed E-state index contributed by atoms with van der Waals surface area (Å²) in [6.45, 7) is 1.62. The molecule has 0 spiro atoms. The third kappa shape index (κ3) is 7.05. The van der Waals surface area contributed by atoms with Crippen LogP contribution in [0.1, 0.15) is 22.3 Å². The molecular formula is C18H25N5OS2. The average molecular weight is 392 g/mol. The van der Waals surface area contributed by atoms with Crippen LogP contribution in [-0.4, -0.2) is 49.8 Å². The summed E-state index contributed by atoms with van der Waals surface area (Å²) in [5.74, 6) is 1.77. The summed E-state index contributed by atoms with van der Waals surface area (Å²) in [6, 6.07) is 7.68. The Hall–Kier alpha value is -2.06. The molecule has 0 saturated heterocycles. The van der Waals surface area contributed by atoms with Crippen molar-refractivity contribution in [3.63, 3.8) is 0 Å². The first-order valence-electron chi connectivity index (χ1n) is 8.50.